The van der Waals surface area contributed by atoms with Gasteiger partial charge in [0.05, 0.1) is 5.57 Å². The Bertz CT molecular complexity index is 618. The molecule has 1 aliphatic rings. The van der Waals surface area contributed by atoms with Gasteiger partial charge in [-0.2, -0.15) is 0 Å². The predicted molar refractivity (Wildman–Crippen MR) is 92.2 cm³/mol. The second-order valence-electron chi connectivity index (χ2n) is 5.57. The van der Waals surface area contributed by atoms with Crippen LogP contribution in [0.1, 0.15) is 44.9 Å². The van der Waals surface area contributed by atoms with E-state index in [1.54, 1.807) is 18.7 Å². The van der Waals surface area contributed by atoms with Gasteiger partial charge < -0.3 is 10.4 Å². The SMILES string of the molecule is CCc1ccc(C2N=C(SC(C)C)NC(C)=C2C(=O)O)cc1. The summed E-state index contributed by atoms with van der Waals surface area (Å²) in [7, 11) is 0. The maximum Gasteiger partial charge on any atom is 0.335 e. The maximum absolute atomic E-state index is 11.6. The lowest BCUT2D eigenvalue weighted by atomic mass is 9.95. The number of carboxylic acids is 1. The minimum atomic E-state index is -0.924. The number of carbonyl (C=O) groups is 1. The molecule has 1 aliphatic heterocycles. The zero-order valence-electron chi connectivity index (χ0n) is 13.4. The lowest BCUT2D eigenvalue weighted by Crippen LogP contribution is -2.30. The summed E-state index contributed by atoms with van der Waals surface area (Å²) in [6.07, 6.45) is 0.963. The van der Waals surface area contributed by atoms with Crippen LogP contribution in [0.25, 0.3) is 0 Å². The summed E-state index contributed by atoms with van der Waals surface area (Å²) in [5, 5.41) is 13.8. The van der Waals surface area contributed by atoms with Crippen molar-refractivity contribution in [1.82, 2.24) is 5.32 Å². The lowest BCUT2D eigenvalue weighted by Gasteiger charge is -2.25. The number of hydrogen-bond donors (Lipinski definition) is 2. The summed E-state index contributed by atoms with van der Waals surface area (Å²) in [6.45, 7) is 8.07. The molecule has 0 bridgehead atoms. The molecule has 4 nitrogen and oxygen atoms in total. The van der Waals surface area contributed by atoms with Gasteiger partial charge in [-0.15, -0.1) is 0 Å². The van der Waals surface area contributed by atoms with E-state index in [4.69, 9.17) is 0 Å². The molecule has 0 radical (unpaired) electrons. The fraction of sp³-hybridized carbons (Fsp3) is 0.412. The van der Waals surface area contributed by atoms with Crippen LogP contribution in [0, 0.1) is 0 Å². The normalized spacial score (nSPS) is 18.2. The van der Waals surface area contributed by atoms with Crippen molar-refractivity contribution in [1.29, 1.82) is 0 Å². The number of aliphatic carboxylic acids is 1. The largest absolute Gasteiger partial charge is 0.478 e. The second kappa shape index (κ2) is 7.01. The highest BCUT2D eigenvalue weighted by molar-refractivity contribution is 8.14. The zero-order chi connectivity index (χ0) is 16.3. The van der Waals surface area contributed by atoms with Crippen LogP contribution >= 0.6 is 11.8 Å². The molecule has 0 fully saturated rings. The van der Waals surface area contributed by atoms with Gasteiger partial charge in [-0.25, -0.2) is 9.79 Å². The van der Waals surface area contributed by atoms with Gasteiger partial charge in [-0.05, 0) is 24.5 Å². The lowest BCUT2D eigenvalue weighted by molar-refractivity contribution is -0.133. The number of allylic oxidation sites excluding steroid dienone is 1. The monoisotopic (exact) mass is 318 g/mol. The molecule has 22 heavy (non-hydrogen) atoms. The third-order valence-electron chi connectivity index (χ3n) is 3.50. The van der Waals surface area contributed by atoms with E-state index in [0.717, 1.165) is 17.2 Å². The van der Waals surface area contributed by atoms with E-state index in [0.29, 0.717) is 16.5 Å². The van der Waals surface area contributed by atoms with Gasteiger partial charge in [-0.1, -0.05) is 56.8 Å². The zero-order valence-corrected chi connectivity index (χ0v) is 14.2. The van der Waals surface area contributed by atoms with Crippen molar-refractivity contribution in [2.75, 3.05) is 0 Å². The third kappa shape index (κ3) is 3.71. The fourth-order valence-corrected chi connectivity index (χ4v) is 3.21. The van der Waals surface area contributed by atoms with E-state index in [1.165, 1.54) is 5.56 Å². The molecule has 2 N–H and O–H groups in total. The molecule has 0 aromatic heterocycles. The standard InChI is InChI=1S/C17H22N2O2S/c1-5-12-6-8-13(9-7-12)15-14(16(20)21)11(4)18-17(19-15)22-10(2)3/h6-10,15H,5H2,1-4H3,(H,18,19)(H,20,21). The Morgan fingerprint density at radius 1 is 1.36 bits per heavy atom. The van der Waals surface area contributed by atoms with Crippen molar-refractivity contribution >= 4 is 22.9 Å². The maximum atomic E-state index is 11.6. The average Bonchev–Trinajstić information content (AvgIpc) is 2.45. The molecule has 2 rings (SSSR count). The fourth-order valence-electron chi connectivity index (χ4n) is 2.38. The molecule has 0 saturated carbocycles. The van der Waals surface area contributed by atoms with Crippen molar-refractivity contribution in [2.24, 2.45) is 4.99 Å². The van der Waals surface area contributed by atoms with Gasteiger partial charge in [0.25, 0.3) is 0 Å². The molecule has 118 valence electrons. The first kappa shape index (κ1) is 16.6. The topological polar surface area (TPSA) is 61.7 Å². The molecule has 0 amide bonds. The molecule has 1 heterocycles. The summed E-state index contributed by atoms with van der Waals surface area (Å²) in [5.74, 6) is -0.924. The Morgan fingerprint density at radius 2 is 2.00 bits per heavy atom. The molecule has 0 saturated heterocycles. The van der Waals surface area contributed by atoms with Crippen molar-refractivity contribution in [2.45, 2.75) is 45.4 Å². The number of thioether (sulfide) groups is 1. The number of benzene rings is 1. The van der Waals surface area contributed by atoms with Crippen LogP contribution in [0.15, 0.2) is 40.5 Å². The number of amidine groups is 1. The van der Waals surface area contributed by atoms with Gasteiger partial charge in [0, 0.05) is 10.9 Å². The molecular formula is C17H22N2O2S. The third-order valence-corrected chi connectivity index (χ3v) is 4.40. The van der Waals surface area contributed by atoms with Gasteiger partial charge in [0.1, 0.15) is 6.04 Å². The van der Waals surface area contributed by atoms with Crippen molar-refractivity contribution in [3.05, 3.63) is 46.7 Å². The smallest absolute Gasteiger partial charge is 0.335 e. The van der Waals surface area contributed by atoms with E-state index in [1.807, 2.05) is 24.3 Å². The summed E-state index contributed by atoms with van der Waals surface area (Å²) < 4.78 is 0. The molecule has 5 heteroatoms. The average molecular weight is 318 g/mol. The Hall–Kier alpha value is -1.75. The number of carboxylic acid groups (broad SMARTS) is 1. The van der Waals surface area contributed by atoms with Crippen LogP contribution in [0.5, 0.6) is 0 Å². The Kier molecular flexibility index (Phi) is 5.29. The number of nitrogens with zero attached hydrogens (tertiary/aromatic N) is 1. The van der Waals surface area contributed by atoms with E-state index in [2.05, 4.69) is 31.1 Å². The molecule has 0 aliphatic carbocycles. The van der Waals surface area contributed by atoms with Crippen LogP contribution in [-0.2, 0) is 11.2 Å². The number of rotatable bonds is 4. The first-order valence-corrected chi connectivity index (χ1v) is 8.34. The van der Waals surface area contributed by atoms with Crippen molar-refractivity contribution in [3.8, 4) is 0 Å². The summed E-state index contributed by atoms with van der Waals surface area (Å²) in [6, 6.07) is 7.58. The van der Waals surface area contributed by atoms with E-state index < -0.39 is 12.0 Å². The van der Waals surface area contributed by atoms with E-state index >= 15 is 0 Å². The Balaban J connectivity index is 2.41. The van der Waals surface area contributed by atoms with E-state index in [-0.39, 0.29) is 0 Å². The minimum absolute atomic E-state index is 0.317. The van der Waals surface area contributed by atoms with Gasteiger partial charge >= 0.3 is 5.97 Å². The van der Waals surface area contributed by atoms with Gasteiger partial charge in [0.15, 0.2) is 5.17 Å². The molecule has 1 aromatic carbocycles. The highest BCUT2D eigenvalue weighted by Gasteiger charge is 2.29. The number of aryl methyl sites for hydroxylation is 1. The first-order valence-electron chi connectivity index (χ1n) is 7.46. The van der Waals surface area contributed by atoms with Crippen molar-refractivity contribution < 1.29 is 9.90 Å². The number of nitrogens with one attached hydrogen (secondary N) is 1. The molecule has 1 atom stereocenters. The predicted octanol–water partition coefficient (Wildman–Crippen LogP) is 3.75. The number of aliphatic imine (C=N–C) groups is 1. The van der Waals surface area contributed by atoms with Crippen LogP contribution < -0.4 is 5.32 Å². The Labute approximate surface area is 135 Å². The van der Waals surface area contributed by atoms with Crippen LogP contribution in [-0.4, -0.2) is 21.5 Å². The van der Waals surface area contributed by atoms with Crippen LogP contribution in [0.4, 0.5) is 0 Å². The minimum Gasteiger partial charge on any atom is -0.478 e. The second-order valence-corrected chi connectivity index (χ2v) is 7.13. The van der Waals surface area contributed by atoms with Crippen molar-refractivity contribution in [3.63, 3.8) is 0 Å². The summed E-state index contributed by atoms with van der Waals surface area (Å²) in [5.41, 5.74) is 3.13. The first-order chi connectivity index (χ1) is 10.4. The highest BCUT2D eigenvalue weighted by Crippen LogP contribution is 2.33. The Morgan fingerprint density at radius 3 is 2.50 bits per heavy atom. The quantitative estimate of drug-likeness (QED) is 0.887. The molecule has 1 unspecified atom stereocenters. The van der Waals surface area contributed by atoms with Gasteiger partial charge in [-0.3, -0.25) is 0 Å². The number of hydrogen-bond acceptors (Lipinski definition) is 4. The molecule has 1 aromatic rings. The molecular weight excluding hydrogens is 296 g/mol. The summed E-state index contributed by atoms with van der Waals surface area (Å²) in [4.78, 5) is 16.3. The highest BCUT2D eigenvalue weighted by atomic mass is 32.2. The van der Waals surface area contributed by atoms with E-state index in [9.17, 15) is 9.90 Å². The van der Waals surface area contributed by atoms with Crippen LogP contribution in [0.2, 0.25) is 0 Å². The summed E-state index contributed by atoms with van der Waals surface area (Å²) >= 11 is 1.61. The van der Waals surface area contributed by atoms with Gasteiger partial charge in [0.2, 0.25) is 0 Å². The molecule has 0 spiro atoms. The van der Waals surface area contributed by atoms with Crippen LogP contribution in [0.3, 0.4) is 0 Å².